The maximum absolute atomic E-state index is 12.1. The molecule has 0 spiro atoms. The molecule has 0 aliphatic heterocycles. The van der Waals surface area contributed by atoms with E-state index in [1.54, 1.807) is 6.20 Å². The molecule has 0 saturated carbocycles. The van der Waals surface area contributed by atoms with Crippen molar-refractivity contribution in [1.82, 2.24) is 10.3 Å². The summed E-state index contributed by atoms with van der Waals surface area (Å²) in [5.41, 5.74) is 9.19. The van der Waals surface area contributed by atoms with Gasteiger partial charge in [-0.2, -0.15) is 0 Å². The molecule has 4 heteroatoms. The molecule has 1 amide bonds. The van der Waals surface area contributed by atoms with Crippen LogP contribution in [-0.2, 0) is 17.8 Å². The first kappa shape index (κ1) is 16.2. The Bertz CT molecular complexity index is 611. The van der Waals surface area contributed by atoms with Gasteiger partial charge in [-0.1, -0.05) is 50.2 Å². The van der Waals surface area contributed by atoms with Gasteiger partial charge in [-0.05, 0) is 29.0 Å². The Kier molecular flexibility index (Phi) is 5.67. The first-order chi connectivity index (χ1) is 10.6. The molecule has 2 aromatic rings. The van der Waals surface area contributed by atoms with Gasteiger partial charge in [0, 0.05) is 18.9 Å². The van der Waals surface area contributed by atoms with E-state index in [-0.39, 0.29) is 5.91 Å². The third-order valence-electron chi connectivity index (χ3n) is 3.58. The lowest BCUT2D eigenvalue weighted by Crippen LogP contribution is -2.41. The Hall–Kier alpha value is -2.20. The zero-order valence-electron chi connectivity index (χ0n) is 13.1. The molecule has 22 heavy (non-hydrogen) atoms. The van der Waals surface area contributed by atoms with Gasteiger partial charge in [0.05, 0.1) is 6.04 Å². The third-order valence-corrected chi connectivity index (χ3v) is 3.58. The zero-order chi connectivity index (χ0) is 15.9. The summed E-state index contributed by atoms with van der Waals surface area (Å²) in [4.78, 5) is 16.3. The number of hydrogen-bond donors (Lipinski definition) is 2. The van der Waals surface area contributed by atoms with E-state index in [9.17, 15) is 4.79 Å². The molecule has 0 fully saturated rings. The maximum atomic E-state index is 12.1. The second kappa shape index (κ2) is 7.71. The summed E-state index contributed by atoms with van der Waals surface area (Å²) in [6, 6.07) is 11.3. The predicted octanol–water partition coefficient (Wildman–Crippen LogP) is 2.39. The first-order valence-electron chi connectivity index (χ1n) is 7.57. The summed E-state index contributed by atoms with van der Waals surface area (Å²) in [5, 5.41) is 2.88. The molecule has 4 nitrogen and oxygen atoms in total. The van der Waals surface area contributed by atoms with Gasteiger partial charge in [0.1, 0.15) is 0 Å². The molecule has 1 aromatic heterocycles. The summed E-state index contributed by atoms with van der Waals surface area (Å²) in [5.74, 6) is 0.280. The Labute approximate surface area is 131 Å². The van der Waals surface area contributed by atoms with Gasteiger partial charge in [0.25, 0.3) is 0 Å². The number of carbonyl (C=O) groups excluding carboxylic acids is 1. The normalized spacial score (nSPS) is 12.2. The van der Waals surface area contributed by atoms with Crippen LogP contribution in [0.1, 0.15) is 36.5 Å². The molecular weight excluding hydrogens is 274 g/mol. The van der Waals surface area contributed by atoms with Crippen molar-refractivity contribution in [2.75, 3.05) is 0 Å². The lowest BCUT2D eigenvalue weighted by Gasteiger charge is -2.13. The van der Waals surface area contributed by atoms with Crippen molar-refractivity contribution in [3.05, 3.63) is 65.5 Å². The third kappa shape index (κ3) is 4.67. The van der Waals surface area contributed by atoms with E-state index in [1.165, 1.54) is 5.56 Å². The number of nitrogens with two attached hydrogens (primary N) is 1. The smallest absolute Gasteiger partial charge is 0.237 e. The number of rotatable bonds is 6. The molecule has 0 bridgehead atoms. The van der Waals surface area contributed by atoms with E-state index >= 15 is 0 Å². The van der Waals surface area contributed by atoms with E-state index in [1.807, 2.05) is 36.5 Å². The van der Waals surface area contributed by atoms with Gasteiger partial charge < -0.3 is 11.1 Å². The Morgan fingerprint density at radius 3 is 2.59 bits per heavy atom. The van der Waals surface area contributed by atoms with Crippen molar-refractivity contribution in [1.29, 1.82) is 0 Å². The van der Waals surface area contributed by atoms with Crippen LogP contribution < -0.4 is 11.1 Å². The van der Waals surface area contributed by atoms with Crippen LogP contribution in [0.2, 0.25) is 0 Å². The molecule has 0 saturated heterocycles. The van der Waals surface area contributed by atoms with E-state index in [0.717, 1.165) is 11.1 Å². The lowest BCUT2D eigenvalue weighted by atomic mass is 10.0. The Morgan fingerprint density at radius 1 is 1.18 bits per heavy atom. The molecule has 3 N–H and O–H groups in total. The number of carbonyl (C=O) groups is 1. The summed E-state index contributed by atoms with van der Waals surface area (Å²) < 4.78 is 0. The fourth-order valence-corrected chi connectivity index (χ4v) is 2.20. The van der Waals surface area contributed by atoms with Crippen LogP contribution in [0.15, 0.2) is 48.8 Å². The molecular formula is C18H23N3O. The highest BCUT2D eigenvalue weighted by molar-refractivity contribution is 5.81. The number of benzene rings is 1. The largest absolute Gasteiger partial charge is 0.351 e. The standard InChI is InChI=1S/C18H23N3O/c1-13(2)16-8-15(10-20-12-16)11-21-18(22)17(19)9-14-6-4-3-5-7-14/h3-8,10,12-13,17H,9,11,19H2,1-2H3,(H,21,22). The SMILES string of the molecule is CC(C)c1cncc(CNC(=O)C(N)Cc2ccccc2)c1. The predicted molar refractivity (Wildman–Crippen MR) is 88.3 cm³/mol. The minimum Gasteiger partial charge on any atom is -0.351 e. The average molecular weight is 297 g/mol. The number of hydrogen-bond acceptors (Lipinski definition) is 3. The van der Waals surface area contributed by atoms with E-state index < -0.39 is 6.04 Å². The van der Waals surface area contributed by atoms with Gasteiger partial charge in [-0.15, -0.1) is 0 Å². The van der Waals surface area contributed by atoms with E-state index in [2.05, 4.69) is 30.2 Å². The number of nitrogens with one attached hydrogen (secondary N) is 1. The van der Waals surface area contributed by atoms with Crippen molar-refractivity contribution in [2.45, 2.75) is 38.8 Å². The minimum atomic E-state index is -0.538. The average Bonchev–Trinajstić information content (AvgIpc) is 2.53. The molecule has 1 heterocycles. The van der Waals surface area contributed by atoms with Crippen LogP contribution in [0.25, 0.3) is 0 Å². The second-order valence-electron chi connectivity index (χ2n) is 5.80. The zero-order valence-corrected chi connectivity index (χ0v) is 13.1. The highest BCUT2D eigenvalue weighted by Crippen LogP contribution is 2.13. The number of amides is 1. The van der Waals surface area contributed by atoms with Crippen molar-refractivity contribution in [3.8, 4) is 0 Å². The maximum Gasteiger partial charge on any atom is 0.237 e. The molecule has 2 rings (SSSR count). The lowest BCUT2D eigenvalue weighted by molar-refractivity contribution is -0.122. The molecule has 1 unspecified atom stereocenters. The summed E-state index contributed by atoms with van der Waals surface area (Å²) in [6.45, 7) is 4.69. The van der Waals surface area contributed by atoms with Crippen LogP contribution in [0, 0.1) is 0 Å². The van der Waals surface area contributed by atoms with E-state index in [4.69, 9.17) is 5.73 Å². The summed E-state index contributed by atoms with van der Waals surface area (Å²) >= 11 is 0. The van der Waals surface area contributed by atoms with Crippen molar-refractivity contribution >= 4 is 5.91 Å². The van der Waals surface area contributed by atoms with Gasteiger partial charge in [0.2, 0.25) is 5.91 Å². The van der Waals surface area contributed by atoms with Crippen molar-refractivity contribution in [2.24, 2.45) is 5.73 Å². The number of nitrogens with zero attached hydrogens (tertiary/aromatic N) is 1. The molecule has 1 atom stereocenters. The van der Waals surface area contributed by atoms with Gasteiger partial charge >= 0.3 is 0 Å². The quantitative estimate of drug-likeness (QED) is 0.860. The highest BCUT2D eigenvalue weighted by atomic mass is 16.2. The minimum absolute atomic E-state index is 0.140. The monoisotopic (exact) mass is 297 g/mol. The first-order valence-corrected chi connectivity index (χ1v) is 7.57. The van der Waals surface area contributed by atoms with Gasteiger partial charge in [0.15, 0.2) is 0 Å². The van der Waals surface area contributed by atoms with Crippen LogP contribution >= 0.6 is 0 Å². The summed E-state index contributed by atoms with van der Waals surface area (Å²) in [7, 11) is 0. The van der Waals surface area contributed by atoms with Crippen LogP contribution in [0.3, 0.4) is 0 Å². The van der Waals surface area contributed by atoms with Gasteiger partial charge in [-0.25, -0.2) is 0 Å². The molecule has 0 radical (unpaired) electrons. The summed E-state index contributed by atoms with van der Waals surface area (Å²) in [6.07, 6.45) is 4.17. The van der Waals surface area contributed by atoms with Crippen LogP contribution in [0.5, 0.6) is 0 Å². The molecule has 116 valence electrons. The fraction of sp³-hybridized carbons (Fsp3) is 0.333. The Balaban J connectivity index is 1.88. The second-order valence-corrected chi connectivity index (χ2v) is 5.80. The molecule has 0 aliphatic rings. The fourth-order valence-electron chi connectivity index (χ4n) is 2.20. The topological polar surface area (TPSA) is 68.0 Å². The van der Waals surface area contributed by atoms with Crippen molar-refractivity contribution < 1.29 is 4.79 Å². The van der Waals surface area contributed by atoms with Gasteiger partial charge in [-0.3, -0.25) is 9.78 Å². The molecule has 0 aliphatic carbocycles. The van der Waals surface area contributed by atoms with Crippen LogP contribution in [-0.4, -0.2) is 16.9 Å². The molecule has 1 aromatic carbocycles. The highest BCUT2D eigenvalue weighted by Gasteiger charge is 2.13. The van der Waals surface area contributed by atoms with Crippen LogP contribution in [0.4, 0.5) is 0 Å². The van der Waals surface area contributed by atoms with Crippen molar-refractivity contribution in [3.63, 3.8) is 0 Å². The van der Waals surface area contributed by atoms with E-state index in [0.29, 0.717) is 18.9 Å². The number of pyridine rings is 1. The Morgan fingerprint density at radius 2 is 1.91 bits per heavy atom. The number of aromatic nitrogens is 1.